The molecular formula is C53H100O6. The lowest BCUT2D eigenvalue weighted by Crippen LogP contribution is -2.30. The first-order valence-electron chi connectivity index (χ1n) is 26.2. The topological polar surface area (TPSA) is 78.9 Å². The van der Waals surface area contributed by atoms with E-state index in [0.29, 0.717) is 19.3 Å². The van der Waals surface area contributed by atoms with Crippen molar-refractivity contribution in [2.24, 2.45) is 0 Å². The Morgan fingerprint density at radius 2 is 0.559 bits per heavy atom. The number of rotatable bonds is 48. The Morgan fingerprint density at radius 3 is 0.847 bits per heavy atom. The molecule has 0 aromatic heterocycles. The summed E-state index contributed by atoms with van der Waals surface area (Å²) < 4.78 is 16.6. The maximum atomic E-state index is 12.7. The highest BCUT2D eigenvalue weighted by atomic mass is 16.6. The van der Waals surface area contributed by atoms with Crippen LogP contribution < -0.4 is 0 Å². The van der Waals surface area contributed by atoms with E-state index in [1.54, 1.807) is 0 Å². The Labute approximate surface area is 367 Å². The van der Waals surface area contributed by atoms with Crippen LogP contribution in [-0.4, -0.2) is 37.2 Å². The minimum absolute atomic E-state index is 0.0661. The normalized spacial score (nSPS) is 12.0. The van der Waals surface area contributed by atoms with E-state index in [1.165, 1.54) is 186 Å². The summed E-state index contributed by atoms with van der Waals surface area (Å²) in [6, 6.07) is 0. The molecule has 0 spiro atoms. The Morgan fingerprint density at radius 1 is 0.322 bits per heavy atom. The maximum Gasteiger partial charge on any atom is 0.306 e. The van der Waals surface area contributed by atoms with Gasteiger partial charge in [0.05, 0.1) is 0 Å². The van der Waals surface area contributed by atoms with Crippen molar-refractivity contribution in [3.8, 4) is 0 Å². The molecule has 0 aliphatic heterocycles. The molecule has 348 valence electrons. The van der Waals surface area contributed by atoms with E-state index in [1.807, 2.05) is 0 Å². The number of unbranched alkanes of at least 4 members (excludes halogenated alkanes) is 35. The van der Waals surface area contributed by atoms with E-state index >= 15 is 0 Å². The summed E-state index contributed by atoms with van der Waals surface area (Å²) in [6.07, 6.45) is 53.9. The van der Waals surface area contributed by atoms with Gasteiger partial charge < -0.3 is 14.2 Å². The van der Waals surface area contributed by atoms with Gasteiger partial charge in [0.2, 0.25) is 0 Å². The zero-order chi connectivity index (χ0) is 43.0. The number of allylic oxidation sites excluding steroid dienone is 2. The summed E-state index contributed by atoms with van der Waals surface area (Å²) in [5, 5.41) is 0. The van der Waals surface area contributed by atoms with Crippen LogP contribution in [0.15, 0.2) is 12.2 Å². The summed E-state index contributed by atoms with van der Waals surface area (Å²) in [5.74, 6) is -0.868. The van der Waals surface area contributed by atoms with Gasteiger partial charge in [-0.05, 0) is 44.9 Å². The van der Waals surface area contributed by atoms with Gasteiger partial charge in [-0.25, -0.2) is 0 Å². The highest BCUT2D eigenvalue weighted by Gasteiger charge is 2.19. The van der Waals surface area contributed by atoms with Crippen LogP contribution in [-0.2, 0) is 28.6 Å². The molecule has 0 saturated heterocycles. The van der Waals surface area contributed by atoms with Gasteiger partial charge in [0.1, 0.15) is 13.2 Å². The minimum Gasteiger partial charge on any atom is -0.462 e. The second kappa shape index (κ2) is 48.8. The van der Waals surface area contributed by atoms with Crippen LogP contribution in [0.25, 0.3) is 0 Å². The predicted molar refractivity (Wildman–Crippen MR) is 252 cm³/mol. The lowest BCUT2D eigenvalue weighted by Gasteiger charge is -2.18. The lowest BCUT2D eigenvalue weighted by molar-refractivity contribution is -0.167. The number of ether oxygens (including phenoxy) is 3. The monoisotopic (exact) mass is 833 g/mol. The summed E-state index contributed by atoms with van der Waals surface area (Å²) in [4.78, 5) is 37.6. The second-order valence-corrected chi connectivity index (χ2v) is 17.8. The fourth-order valence-electron chi connectivity index (χ4n) is 7.79. The van der Waals surface area contributed by atoms with E-state index in [4.69, 9.17) is 14.2 Å². The number of carbonyl (C=O) groups excluding carboxylic acids is 3. The van der Waals surface area contributed by atoms with E-state index in [2.05, 4.69) is 32.9 Å². The highest BCUT2D eigenvalue weighted by Crippen LogP contribution is 2.16. The van der Waals surface area contributed by atoms with Crippen molar-refractivity contribution < 1.29 is 28.6 Å². The molecule has 0 heterocycles. The van der Waals surface area contributed by atoms with Gasteiger partial charge in [-0.3, -0.25) is 14.4 Å². The average molecular weight is 833 g/mol. The van der Waals surface area contributed by atoms with Gasteiger partial charge in [-0.15, -0.1) is 0 Å². The summed E-state index contributed by atoms with van der Waals surface area (Å²) in [7, 11) is 0. The molecule has 0 saturated carbocycles. The van der Waals surface area contributed by atoms with Crippen LogP contribution in [0.4, 0.5) is 0 Å². The predicted octanol–water partition coefficient (Wildman–Crippen LogP) is 17.0. The standard InChI is InChI=1S/C53H100O6/c1-4-7-10-13-15-17-19-20-21-22-23-24-25-26-27-28-29-30-31-32-34-35-37-40-43-46-52(55)58-49-50(48-57-51(54)45-42-39-12-9-6-3)59-53(56)47-44-41-38-36-33-18-16-14-11-8-5-2/h22-23,50H,4-21,24-49H2,1-3H3/b23-22-. The fraction of sp³-hybridized carbons (Fsp3) is 0.906. The number of carbonyl (C=O) groups is 3. The molecule has 0 fully saturated rings. The first-order chi connectivity index (χ1) is 29.0. The highest BCUT2D eigenvalue weighted by molar-refractivity contribution is 5.71. The smallest absolute Gasteiger partial charge is 0.306 e. The zero-order valence-corrected chi connectivity index (χ0v) is 39.8. The van der Waals surface area contributed by atoms with Crippen LogP contribution in [0.5, 0.6) is 0 Å². The van der Waals surface area contributed by atoms with Crippen LogP contribution in [0.3, 0.4) is 0 Å². The van der Waals surface area contributed by atoms with E-state index in [-0.39, 0.29) is 31.1 Å². The summed E-state index contributed by atoms with van der Waals surface area (Å²) in [5.41, 5.74) is 0. The maximum absolute atomic E-state index is 12.7. The molecule has 0 aromatic carbocycles. The Bertz CT molecular complexity index is 916. The third-order valence-electron chi connectivity index (χ3n) is 11.8. The Balaban J connectivity index is 3.98. The van der Waals surface area contributed by atoms with Crippen LogP contribution in [0.2, 0.25) is 0 Å². The molecule has 0 bridgehead atoms. The van der Waals surface area contributed by atoms with Gasteiger partial charge >= 0.3 is 17.9 Å². The van der Waals surface area contributed by atoms with E-state index in [9.17, 15) is 14.4 Å². The fourth-order valence-corrected chi connectivity index (χ4v) is 7.79. The molecule has 0 amide bonds. The molecule has 0 rings (SSSR count). The largest absolute Gasteiger partial charge is 0.462 e. The summed E-state index contributed by atoms with van der Waals surface area (Å²) in [6.45, 7) is 6.58. The molecular weight excluding hydrogens is 733 g/mol. The van der Waals surface area contributed by atoms with Gasteiger partial charge in [-0.1, -0.05) is 238 Å². The van der Waals surface area contributed by atoms with Crippen LogP contribution in [0, 0.1) is 0 Å². The number of hydrogen-bond acceptors (Lipinski definition) is 6. The third kappa shape index (κ3) is 47.1. The van der Waals surface area contributed by atoms with Crippen molar-refractivity contribution in [1.82, 2.24) is 0 Å². The van der Waals surface area contributed by atoms with Gasteiger partial charge in [0.15, 0.2) is 6.10 Å². The second-order valence-electron chi connectivity index (χ2n) is 17.8. The van der Waals surface area contributed by atoms with Crippen molar-refractivity contribution >= 4 is 17.9 Å². The molecule has 0 N–H and O–H groups in total. The van der Waals surface area contributed by atoms with Gasteiger partial charge in [0.25, 0.3) is 0 Å². The SMILES string of the molecule is CCCCCCCCCC/C=C\CCCCCCCCCCCCCCCC(=O)OCC(COC(=O)CCCCCCC)OC(=O)CCCCCCCCCCCCC. The zero-order valence-electron chi connectivity index (χ0n) is 39.8. The van der Waals surface area contributed by atoms with Crippen LogP contribution in [0.1, 0.15) is 290 Å². The molecule has 0 aromatic rings. The number of hydrogen-bond donors (Lipinski definition) is 0. The lowest BCUT2D eigenvalue weighted by atomic mass is 10.0. The number of esters is 3. The van der Waals surface area contributed by atoms with E-state index in [0.717, 1.165) is 64.2 Å². The quantitative estimate of drug-likeness (QED) is 0.0263. The molecule has 0 aliphatic rings. The van der Waals surface area contributed by atoms with Crippen molar-refractivity contribution in [2.45, 2.75) is 297 Å². The first-order valence-corrected chi connectivity index (χ1v) is 26.2. The third-order valence-corrected chi connectivity index (χ3v) is 11.8. The molecule has 1 atom stereocenters. The van der Waals surface area contributed by atoms with Crippen molar-refractivity contribution in [2.75, 3.05) is 13.2 Å². The molecule has 0 aliphatic carbocycles. The van der Waals surface area contributed by atoms with Gasteiger partial charge in [0, 0.05) is 19.3 Å². The molecule has 0 radical (unpaired) electrons. The van der Waals surface area contributed by atoms with Crippen molar-refractivity contribution in [3.63, 3.8) is 0 Å². The van der Waals surface area contributed by atoms with Crippen LogP contribution >= 0.6 is 0 Å². The van der Waals surface area contributed by atoms with Crippen molar-refractivity contribution in [1.29, 1.82) is 0 Å². The van der Waals surface area contributed by atoms with Gasteiger partial charge in [-0.2, -0.15) is 0 Å². The molecule has 6 heteroatoms. The average Bonchev–Trinajstić information content (AvgIpc) is 3.23. The summed E-state index contributed by atoms with van der Waals surface area (Å²) >= 11 is 0. The molecule has 59 heavy (non-hydrogen) atoms. The molecule has 1 unspecified atom stereocenters. The Hall–Kier alpha value is -1.85. The van der Waals surface area contributed by atoms with Crippen molar-refractivity contribution in [3.05, 3.63) is 12.2 Å². The minimum atomic E-state index is -0.760. The van der Waals surface area contributed by atoms with E-state index < -0.39 is 6.10 Å². The first kappa shape index (κ1) is 57.1. The Kier molecular flexibility index (Phi) is 47.3. The molecule has 6 nitrogen and oxygen atoms in total.